The second kappa shape index (κ2) is 15.8. The SMILES string of the molecule is O=BO.O=[Si](O)O.[Zn]. The molecule has 0 heterocycles. The third-order valence-corrected chi connectivity index (χ3v) is 0. The summed E-state index contributed by atoms with van der Waals surface area (Å²) >= 11 is 0. The van der Waals surface area contributed by atoms with Crippen molar-refractivity contribution in [3.05, 3.63) is 0 Å². The van der Waals surface area contributed by atoms with E-state index in [1.165, 1.54) is 0 Å². The molecule has 0 aromatic rings. The molecular formula is H3BO5SiZn. The molecule has 8 heteroatoms. The molecule has 0 fully saturated rings. The van der Waals surface area contributed by atoms with Gasteiger partial charge in [0.1, 0.15) is 0 Å². The predicted molar refractivity (Wildman–Crippen MR) is 19.5 cm³/mol. The number of rotatable bonds is 0. The fraction of sp³-hybridized carbons (Fsp3) is 0. The maximum atomic E-state index is 8.74. The Hall–Kier alpha value is -0.0948. The molecule has 0 spiro atoms. The molecule has 0 aromatic heterocycles. The molecule has 42 valence electrons. The Kier molecular flexibility index (Phi) is 30.9. The Labute approximate surface area is 60.3 Å². The van der Waals surface area contributed by atoms with Gasteiger partial charge in [0.05, 0.1) is 0 Å². The quantitative estimate of drug-likeness (QED) is 0.359. The van der Waals surface area contributed by atoms with Crippen molar-refractivity contribution in [3.8, 4) is 0 Å². The first-order chi connectivity index (χ1) is 3.15. The van der Waals surface area contributed by atoms with Crippen molar-refractivity contribution in [1.82, 2.24) is 0 Å². The molecule has 3 N–H and O–H groups in total. The Morgan fingerprint density at radius 3 is 1.38 bits per heavy atom. The van der Waals surface area contributed by atoms with Gasteiger partial charge < -0.3 is 9.59 Å². The van der Waals surface area contributed by atoms with Gasteiger partial charge in [-0.15, -0.1) is 0 Å². The van der Waals surface area contributed by atoms with Crippen LogP contribution in [0.25, 0.3) is 0 Å². The van der Waals surface area contributed by atoms with Gasteiger partial charge >= 0.3 is 26.3 Å². The molecule has 0 aliphatic carbocycles. The van der Waals surface area contributed by atoms with Crippen molar-refractivity contribution in [1.29, 1.82) is 0 Å². The van der Waals surface area contributed by atoms with Crippen LogP contribution in [0.3, 0.4) is 0 Å². The zero-order valence-corrected chi connectivity index (χ0v) is 7.91. The predicted octanol–water partition coefficient (Wildman–Crippen LogP) is -2.67. The molecule has 0 saturated heterocycles. The molecule has 0 atom stereocenters. The molecule has 0 radical (unpaired) electrons. The van der Waals surface area contributed by atoms with E-state index in [2.05, 4.69) is 0 Å². The van der Waals surface area contributed by atoms with Gasteiger partial charge in [0.15, 0.2) is 0 Å². The van der Waals surface area contributed by atoms with Crippen molar-refractivity contribution in [3.63, 3.8) is 0 Å². The molecule has 0 rings (SSSR count). The molecule has 0 aliphatic rings. The van der Waals surface area contributed by atoms with E-state index in [0.29, 0.717) is 0 Å². The number of hydrogen-bond donors (Lipinski definition) is 3. The summed E-state index contributed by atoms with van der Waals surface area (Å²) < 4.78 is 17.1. The first-order valence-corrected chi connectivity index (χ1v) is 2.45. The van der Waals surface area contributed by atoms with Crippen molar-refractivity contribution >= 4 is 16.5 Å². The van der Waals surface area contributed by atoms with Gasteiger partial charge in [0.2, 0.25) is 0 Å². The van der Waals surface area contributed by atoms with E-state index in [-0.39, 0.29) is 26.8 Å². The molecular weight excluding hydrogens is 184 g/mol. The summed E-state index contributed by atoms with van der Waals surface area (Å²) in [5.41, 5.74) is 0. The first kappa shape index (κ1) is 15.7. The van der Waals surface area contributed by atoms with Crippen LogP contribution in [0.2, 0.25) is 0 Å². The monoisotopic (exact) mass is 186 g/mol. The molecule has 0 amide bonds. The maximum Gasteiger partial charge on any atom is 0.761 e. The van der Waals surface area contributed by atoms with Crippen LogP contribution >= 0.6 is 0 Å². The van der Waals surface area contributed by atoms with E-state index in [4.69, 9.17) is 23.8 Å². The average molecular weight is 187 g/mol. The van der Waals surface area contributed by atoms with E-state index in [9.17, 15) is 0 Å². The largest absolute Gasteiger partial charge is 0.761 e. The Bertz CT molecular complexity index is 59.4. The minimum atomic E-state index is -3.13. The van der Waals surface area contributed by atoms with Crippen LogP contribution in [0.1, 0.15) is 0 Å². The Morgan fingerprint density at radius 1 is 1.38 bits per heavy atom. The van der Waals surface area contributed by atoms with E-state index in [1.807, 2.05) is 0 Å². The van der Waals surface area contributed by atoms with E-state index < -0.39 is 9.17 Å². The minimum Gasteiger partial charge on any atom is -0.511 e. The Morgan fingerprint density at radius 2 is 1.38 bits per heavy atom. The van der Waals surface area contributed by atoms with Crippen LogP contribution in [-0.4, -0.2) is 31.1 Å². The van der Waals surface area contributed by atoms with Crippen LogP contribution in [0.5, 0.6) is 0 Å². The Balaban J connectivity index is -0.0000000575. The van der Waals surface area contributed by atoms with Crippen molar-refractivity contribution < 1.29 is 43.3 Å². The van der Waals surface area contributed by atoms with Gasteiger partial charge in [-0.1, -0.05) is 0 Å². The molecule has 0 aromatic carbocycles. The van der Waals surface area contributed by atoms with Crippen LogP contribution in [0, 0.1) is 0 Å². The molecule has 0 saturated carbocycles. The zero-order chi connectivity index (χ0) is 6.28. The minimum absolute atomic E-state index is 0. The summed E-state index contributed by atoms with van der Waals surface area (Å²) in [7, 11) is -3.38. The summed E-state index contributed by atoms with van der Waals surface area (Å²) in [6, 6.07) is 0. The van der Waals surface area contributed by atoms with Crippen LogP contribution in [-0.2, 0) is 28.6 Å². The van der Waals surface area contributed by atoms with Crippen LogP contribution < -0.4 is 0 Å². The topological polar surface area (TPSA) is 94.8 Å². The maximum absolute atomic E-state index is 8.74. The smallest absolute Gasteiger partial charge is 0.511 e. The average Bonchev–Trinajstić information content (AvgIpc) is 1.33. The van der Waals surface area contributed by atoms with Gasteiger partial charge in [-0.3, -0.25) is 4.46 Å². The third-order valence-electron chi connectivity index (χ3n) is 0. The summed E-state index contributed by atoms with van der Waals surface area (Å²) in [6.07, 6.45) is 0. The third kappa shape index (κ3) is 15800. The van der Waals surface area contributed by atoms with Gasteiger partial charge in [0.25, 0.3) is 0 Å². The molecule has 0 bridgehead atoms. The van der Waals surface area contributed by atoms with Crippen molar-refractivity contribution in [2.75, 3.05) is 0 Å². The van der Waals surface area contributed by atoms with Gasteiger partial charge in [-0.25, -0.2) is 0 Å². The van der Waals surface area contributed by atoms with E-state index in [0.717, 1.165) is 0 Å². The molecule has 0 aliphatic heterocycles. The first-order valence-electron chi connectivity index (χ1n) is 1.15. The van der Waals surface area contributed by atoms with Crippen molar-refractivity contribution in [2.24, 2.45) is 0 Å². The van der Waals surface area contributed by atoms with Gasteiger partial charge in [0, 0.05) is 19.5 Å². The fourth-order valence-corrected chi connectivity index (χ4v) is 0. The molecule has 5 nitrogen and oxygen atoms in total. The normalized spacial score (nSPS) is 4.00. The van der Waals surface area contributed by atoms with Crippen molar-refractivity contribution in [2.45, 2.75) is 0 Å². The second-order valence-corrected chi connectivity index (χ2v) is 0.953. The van der Waals surface area contributed by atoms with E-state index >= 15 is 0 Å². The summed E-state index contributed by atoms with van der Waals surface area (Å²) in [5.74, 6) is 0. The molecule has 8 heavy (non-hydrogen) atoms. The van der Waals surface area contributed by atoms with Crippen LogP contribution in [0.4, 0.5) is 0 Å². The summed E-state index contributed by atoms with van der Waals surface area (Å²) in [4.78, 5) is 14.3. The van der Waals surface area contributed by atoms with E-state index in [1.54, 1.807) is 0 Å². The van der Waals surface area contributed by atoms with Crippen LogP contribution in [0.15, 0.2) is 0 Å². The fourth-order valence-electron chi connectivity index (χ4n) is 0. The standard InChI is InChI=1S/BHO2.H2O3Si.Zn/c2-1-3;1-4(2)3;/h2H;1-2H;. The second-order valence-electron chi connectivity index (χ2n) is 0.388. The molecule has 0 unspecified atom stereocenters. The van der Waals surface area contributed by atoms with Gasteiger partial charge in [-0.2, -0.15) is 0 Å². The van der Waals surface area contributed by atoms with Gasteiger partial charge in [-0.05, 0) is 0 Å². The summed E-state index contributed by atoms with van der Waals surface area (Å²) in [6.45, 7) is 0. The number of hydrogen-bond acceptors (Lipinski definition) is 2. The summed E-state index contributed by atoms with van der Waals surface area (Å²) in [5, 5.41) is 6.89. The zero-order valence-electron chi connectivity index (χ0n) is 3.94.